The van der Waals surface area contributed by atoms with Crippen molar-refractivity contribution in [2.45, 2.75) is 25.7 Å². The third-order valence-corrected chi connectivity index (χ3v) is 3.79. The molecule has 0 radical (unpaired) electrons. The highest BCUT2D eigenvalue weighted by Crippen LogP contribution is 2.36. The third-order valence-electron chi connectivity index (χ3n) is 3.79. The lowest BCUT2D eigenvalue weighted by Crippen LogP contribution is -2.18. The van der Waals surface area contributed by atoms with E-state index >= 15 is 0 Å². The Kier molecular flexibility index (Phi) is 6.63. The van der Waals surface area contributed by atoms with Crippen molar-refractivity contribution in [2.24, 2.45) is 0 Å². The van der Waals surface area contributed by atoms with Crippen molar-refractivity contribution in [3.63, 3.8) is 0 Å². The first-order chi connectivity index (χ1) is 13.8. The Morgan fingerprint density at radius 3 is 1.97 bits per heavy atom. The summed E-state index contributed by atoms with van der Waals surface area (Å²) in [6.07, 6.45) is -9.68. The highest BCUT2D eigenvalue weighted by Gasteiger charge is 2.37. The van der Waals surface area contributed by atoms with Gasteiger partial charge in [0.1, 0.15) is 5.75 Å². The molecule has 2 rings (SSSR count). The number of nitrogens with one attached hydrogen (secondary N) is 1. The third kappa shape index (κ3) is 5.65. The van der Waals surface area contributed by atoms with Gasteiger partial charge in [-0.15, -0.1) is 0 Å². The fraction of sp³-hybridized carbons (Fsp3) is 0.263. The predicted molar refractivity (Wildman–Crippen MR) is 93.6 cm³/mol. The van der Waals surface area contributed by atoms with Crippen LogP contribution in [0.1, 0.15) is 45.2 Å². The van der Waals surface area contributed by atoms with Crippen molar-refractivity contribution in [3.05, 3.63) is 58.7 Å². The minimum Gasteiger partial charge on any atom is -0.491 e. The number of rotatable bonds is 6. The van der Waals surface area contributed by atoms with Crippen molar-refractivity contribution in [3.8, 4) is 5.75 Å². The Hall–Kier alpha value is -3.24. The van der Waals surface area contributed by atoms with Gasteiger partial charge in [0.15, 0.2) is 0 Å². The van der Waals surface area contributed by atoms with Crippen molar-refractivity contribution in [1.82, 2.24) is 0 Å². The molecular formula is C19H15F6NO4. The second kappa shape index (κ2) is 8.64. The van der Waals surface area contributed by atoms with Crippen molar-refractivity contribution in [1.29, 1.82) is 0 Å². The number of hydrogen-bond acceptors (Lipinski definition) is 3. The SMILES string of the molecule is CCCOc1ccc(C(=O)O)cc1NC(=O)c1cc(C(F)(F)F)cc(C(F)(F)F)c1. The van der Waals surface area contributed by atoms with Gasteiger partial charge in [-0.1, -0.05) is 6.92 Å². The maximum Gasteiger partial charge on any atom is 0.416 e. The Bertz CT molecular complexity index is 921. The molecule has 11 heteroatoms. The highest BCUT2D eigenvalue weighted by atomic mass is 19.4. The topological polar surface area (TPSA) is 75.6 Å². The smallest absolute Gasteiger partial charge is 0.416 e. The summed E-state index contributed by atoms with van der Waals surface area (Å²) in [7, 11) is 0. The molecule has 0 saturated heterocycles. The Balaban J connectivity index is 2.48. The zero-order chi connectivity index (χ0) is 22.7. The second-order valence-electron chi connectivity index (χ2n) is 6.11. The molecule has 0 atom stereocenters. The molecule has 0 aliphatic heterocycles. The molecule has 0 aliphatic carbocycles. The molecule has 5 nitrogen and oxygen atoms in total. The van der Waals surface area contributed by atoms with Crippen LogP contribution in [-0.2, 0) is 12.4 Å². The summed E-state index contributed by atoms with van der Waals surface area (Å²) >= 11 is 0. The van der Waals surface area contributed by atoms with Gasteiger partial charge in [-0.05, 0) is 42.8 Å². The van der Waals surface area contributed by atoms with Gasteiger partial charge >= 0.3 is 18.3 Å². The lowest BCUT2D eigenvalue weighted by atomic mass is 10.0. The molecule has 0 aromatic heterocycles. The van der Waals surface area contributed by atoms with E-state index in [1.807, 2.05) is 0 Å². The van der Waals surface area contributed by atoms with Crippen molar-refractivity contribution >= 4 is 17.6 Å². The Morgan fingerprint density at radius 2 is 1.50 bits per heavy atom. The van der Waals surface area contributed by atoms with Gasteiger partial charge in [0.25, 0.3) is 5.91 Å². The molecule has 2 aromatic rings. The first kappa shape index (κ1) is 23.0. The van der Waals surface area contributed by atoms with Crippen LogP contribution >= 0.6 is 0 Å². The molecule has 0 fully saturated rings. The number of amides is 1. The molecule has 2 aromatic carbocycles. The van der Waals surface area contributed by atoms with Crippen LogP contribution in [-0.4, -0.2) is 23.6 Å². The van der Waals surface area contributed by atoms with Crippen LogP contribution in [0.5, 0.6) is 5.75 Å². The van der Waals surface area contributed by atoms with E-state index in [-0.39, 0.29) is 41.8 Å². The van der Waals surface area contributed by atoms with E-state index in [1.165, 1.54) is 12.1 Å². The van der Waals surface area contributed by atoms with E-state index in [0.717, 1.165) is 6.07 Å². The van der Waals surface area contributed by atoms with Gasteiger partial charge in [0.05, 0.1) is 29.0 Å². The molecule has 0 spiro atoms. The summed E-state index contributed by atoms with van der Waals surface area (Å²) in [6, 6.07) is 3.84. The van der Waals surface area contributed by atoms with Crippen LogP contribution in [0.2, 0.25) is 0 Å². The first-order valence-electron chi connectivity index (χ1n) is 8.44. The number of aromatic carboxylic acids is 1. The number of carboxylic acid groups (broad SMARTS) is 1. The Labute approximate surface area is 166 Å². The number of carboxylic acids is 1. The number of carbonyl (C=O) groups is 2. The van der Waals surface area contributed by atoms with E-state index in [2.05, 4.69) is 5.32 Å². The van der Waals surface area contributed by atoms with Gasteiger partial charge in [0.2, 0.25) is 0 Å². The van der Waals surface area contributed by atoms with Gasteiger partial charge in [0, 0.05) is 5.56 Å². The molecule has 0 aliphatic rings. The van der Waals surface area contributed by atoms with Crippen molar-refractivity contribution in [2.75, 3.05) is 11.9 Å². The number of ether oxygens (including phenoxy) is 1. The normalized spacial score (nSPS) is 11.8. The molecule has 162 valence electrons. The van der Waals surface area contributed by atoms with Crippen LogP contribution in [0, 0.1) is 0 Å². The molecule has 0 heterocycles. The highest BCUT2D eigenvalue weighted by molar-refractivity contribution is 6.06. The van der Waals surface area contributed by atoms with E-state index in [1.54, 1.807) is 6.92 Å². The van der Waals surface area contributed by atoms with E-state index in [4.69, 9.17) is 9.84 Å². The fourth-order valence-corrected chi connectivity index (χ4v) is 2.38. The van der Waals surface area contributed by atoms with E-state index in [0.29, 0.717) is 6.42 Å². The maximum atomic E-state index is 13.0. The van der Waals surface area contributed by atoms with Crippen molar-refractivity contribution < 1.29 is 45.8 Å². The average molecular weight is 435 g/mol. The average Bonchev–Trinajstić information content (AvgIpc) is 2.65. The second-order valence-corrected chi connectivity index (χ2v) is 6.11. The van der Waals surface area contributed by atoms with Crippen LogP contribution < -0.4 is 10.1 Å². The summed E-state index contributed by atoms with van der Waals surface area (Å²) in [5.41, 5.74) is -4.68. The minimum absolute atomic E-state index is 0.0122. The molecular weight excluding hydrogens is 420 g/mol. The summed E-state index contributed by atoms with van der Waals surface area (Å²) in [4.78, 5) is 23.6. The molecule has 30 heavy (non-hydrogen) atoms. The zero-order valence-electron chi connectivity index (χ0n) is 15.3. The molecule has 1 amide bonds. The van der Waals surface area contributed by atoms with Gasteiger partial charge in [-0.3, -0.25) is 4.79 Å². The summed E-state index contributed by atoms with van der Waals surface area (Å²) < 4.78 is 83.3. The summed E-state index contributed by atoms with van der Waals surface area (Å²) in [6.45, 7) is 1.95. The number of benzene rings is 2. The monoisotopic (exact) mass is 435 g/mol. The number of carbonyl (C=O) groups excluding carboxylic acids is 1. The number of hydrogen-bond donors (Lipinski definition) is 2. The summed E-state index contributed by atoms with van der Waals surface area (Å²) in [5.74, 6) is -2.64. The van der Waals surface area contributed by atoms with Crippen LogP contribution in [0.4, 0.5) is 32.0 Å². The van der Waals surface area contributed by atoms with Gasteiger partial charge in [-0.25, -0.2) is 4.79 Å². The molecule has 0 bridgehead atoms. The number of alkyl halides is 6. The molecule has 2 N–H and O–H groups in total. The van der Waals surface area contributed by atoms with E-state index in [9.17, 15) is 35.9 Å². The van der Waals surface area contributed by atoms with Gasteiger partial charge < -0.3 is 15.2 Å². The molecule has 0 saturated carbocycles. The Morgan fingerprint density at radius 1 is 0.933 bits per heavy atom. The van der Waals surface area contributed by atoms with Crippen LogP contribution in [0.15, 0.2) is 36.4 Å². The lowest BCUT2D eigenvalue weighted by molar-refractivity contribution is -0.143. The zero-order valence-corrected chi connectivity index (χ0v) is 15.3. The van der Waals surface area contributed by atoms with Crippen LogP contribution in [0.25, 0.3) is 0 Å². The number of halogens is 6. The molecule has 0 unspecified atom stereocenters. The number of anilines is 1. The van der Waals surface area contributed by atoms with Crippen LogP contribution in [0.3, 0.4) is 0 Å². The quantitative estimate of drug-likeness (QED) is 0.591. The standard InChI is InChI=1S/C19H15F6NO4/c1-2-5-30-15-4-3-10(17(28)29)8-14(15)26-16(27)11-6-12(18(20,21)22)9-13(7-11)19(23,24)25/h3-4,6-9H,2,5H2,1H3,(H,26,27)(H,28,29). The minimum atomic E-state index is -5.12. The van der Waals surface area contributed by atoms with Gasteiger partial charge in [-0.2, -0.15) is 26.3 Å². The lowest BCUT2D eigenvalue weighted by Gasteiger charge is -2.16. The summed E-state index contributed by atoms with van der Waals surface area (Å²) in [5, 5.41) is 11.2. The predicted octanol–water partition coefficient (Wildman–Crippen LogP) is 5.46. The maximum absolute atomic E-state index is 13.0. The largest absolute Gasteiger partial charge is 0.491 e. The first-order valence-corrected chi connectivity index (χ1v) is 8.44. The van der Waals surface area contributed by atoms with E-state index < -0.39 is 40.9 Å². The fourth-order valence-electron chi connectivity index (χ4n) is 2.38.